The van der Waals surface area contributed by atoms with Crippen molar-refractivity contribution in [3.8, 4) is 11.5 Å². The van der Waals surface area contributed by atoms with Crippen molar-refractivity contribution in [3.63, 3.8) is 0 Å². The Bertz CT molecular complexity index is 1400. The molecule has 0 saturated heterocycles. The van der Waals surface area contributed by atoms with Gasteiger partial charge >= 0.3 is 5.97 Å². The van der Waals surface area contributed by atoms with E-state index in [1.54, 1.807) is 42.9 Å². The highest BCUT2D eigenvalue weighted by Crippen LogP contribution is 2.40. The highest BCUT2D eigenvalue weighted by molar-refractivity contribution is 7.11. The Morgan fingerprint density at radius 3 is 2.74 bits per heavy atom. The van der Waals surface area contributed by atoms with Gasteiger partial charge in [0, 0.05) is 10.4 Å². The van der Waals surface area contributed by atoms with Crippen molar-refractivity contribution in [1.29, 1.82) is 0 Å². The number of carbonyl (C=O) groups is 1. The first-order valence-electron chi connectivity index (χ1n) is 11.0. The van der Waals surface area contributed by atoms with E-state index in [2.05, 4.69) is 4.99 Å². The topological polar surface area (TPSA) is 79.1 Å². The third-order valence-corrected chi connectivity index (χ3v) is 7.11. The zero-order chi connectivity index (χ0) is 24.2. The third kappa shape index (κ3) is 4.45. The fraction of sp³-hybridized carbons (Fsp3) is 0.320. The smallest absolute Gasteiger partial charge is 0.338 e. The lowest BCUT2D eigenvalue weighted by atomic mass is 9.94. The first-order valence-corrected chi connectivity index (χ1v) is 12.7. The summed E-state index contributed by atoms with van der Waals surface area (Å²) >= 11 is 2.85. The lowest BCUT2D eigenvalue weighted by molar-refractivity contribution is -0.139. The summed E-state index contributed by atoms with van der Waals surface area (Å²) in [6.45, 7) is 6.20. The highest BCUT2D eigenvalue weighted by atomic mass is 32.1. The minimum Gasteiger partial charge on any atom is -0.493 e. The molecule has 1 aliphatic heterocycles. The van der Waals surface area contributed by atoms with Gasteiger partial charge in [0.1, 0.15) is 6.04 Å². The van der Waals surface area contributed by atoms with Gasteiger partial charge in [-0.1, -0.05) is 36.5 Å². The number of nitrogens with zero attached hydrogens (tertiary/aromatic N) is 2. The number of methoxy groups -OCH3 is 1. The van der Waals surface area contributed by atoms with Crippen molar-refractivity contribution in [2.24, 2.45) is 4.99 Å². The Balaban J connectivity index is 2.01. The molecule has 3 aromatic rings. The van der Waals surface area contributed by atoms with Crippen LogP contribution < -0.4 is 24.4 Å². The van der Waals surface area contributed by atoms with Gasteiger partial charge in [0.25, 0.3) is 5.56 Å². The molecule has 34 heavy (non-hydrogen) atoms. The Morgan fingerprint density at radius 2 is 2.06 bits per heavy atom. The van der Waals surface area contributed by atoms with Crippen LogP contribution in [-0.4, -0.2) is 30.9 Å². The van der Waals surface area contributed by atoms with Gasteiger partial charge < -0.3 is 14.2 Å². The van der Waals surface area contributed by atoms with E-state index in [-0.39, 0.29) is 12.2 Å². The molecule has 1 aliphatic rings. The molecule has 0 fully saturated rings. The van der Waals surface area contributed by atoms with Crippen LogP contribution in [-0.2, 0) is 9.53 Å². The molecule has 0 aliphatic carbocycles. The molecule has 0 saturated carbocycles. The van der Waals surface area contributed by atoms with Crippen LogP contribution in [0.1, 0.15) is 43.7 Å². The molecule has 3 heterocycles. The van der Waals surface area contributed by atoms with E-state index in [1.807, 2.05) is 42.6 Å². The largest absolute Gasteiger partial charge is 0.493 e. The van der Waals surface area contributed by atoms with Gasteiger partial charge in [0.05, 0.1) is 36.1 Å². The summed E-state index contributed by atoms with van der Waals surface area (Å²) in [5, 5.41) is 1.96. The number of thiophene rings is 1. The monoisotopic (exact) mass is 498 g/mol. The second kappa shape index (κ2) is 10.4. The molecule has 2 aromatic heterocycles. The molecule has 0 unspecified atom stereocenters. The van der Waals surface area contributed by atoms with Crippen molar-refractivity contribution in [2.75, 3.05) is 20.3 Å². The van der Waals surface area contributed by atoms with Crippen LogP contribution in [0.5, 0.6) is 11.5 Å². The Morgan fingerprint density at radius 1 is 1.24 bits per heavy atom. The lowest BCUT2D eigenvalue weighted by Crippen LogP contribution is -2.40. The average Bonchev–Trinajstić information content (AvgIpc) is 3.44. The Labute approximate surface area is 205 Å². The van der Waals surface area contributed by atoms with Crippen molar-refractivity contribution in [2.45, 2.75) is 33.2 Å². The Kier molecular flexibility index (Phi) is 7.33. The van der Waals surface area contributed by atoms with Crippen molar-refractivity contribution in [3.05, 3.63) is 77.1 Å². The summed E-state index contributed by atoms with van der Waals surface area (Å²) in [5.41, 5.74) is 1.25. The maximum atomic E-state index is 13.7. The lowest BCUT2D eigenvalue weighted by Gasteiger charge is -2.27. The molecule has 4 rings (SSSR count). The molecule has 0 amide bonds. The van der Waals surface area contributed by atoms with Gasteiger partial charge in [0.2, 0.25) is 0 Å². The van der Waals surface area contributed by atoms with Gasteiger partial charge in [0.15, 0.2) is 16.3 Å². The maximum absolute atomic E-state index is 13.7. The second-order valence-corrected chi connectivity index (χ2v) is 9.53. The van der Waals surface area contributed by atoms with Gasteiger partial charge in [-0.3, -0.25) is 9.36 Å². The molecule has 0 bridgehead atoms. The molecule has 1 aromatic carbocycles. The number of aromatic nitrogens is 1. The summed E-state index contributed by atoms with van der Waals surface area (Å²) in [5.74, 6) is 0.524. The van der Waals surface area contributed by atoms with Crippen LogP contribution in [0.3, 0.4) is 0 Å². The van der Waals surface area contributed by atoms with Gasteiger partial charge in [-0.15, -0.1) is 11.3 Å². The third-order valence-electron chi connectivity index (χ3n) is 5.31. The molecule has 7 nitrogen and oxygen atoms in total. The number of fused-ring (bicyclic) bond motifs is 1. The SMILES string of the molecule is CCCOc1c(OC)cccc1[C@@H]1C(C(=O)OCC)=C(C)N=c2s/c(=C\c3cccs3)c(=O)n21. The summed E-state index contributed by atoms with van der Waals surface area (Å²) in [6.07, 6.45) is 2.65. The number of benzene rings is 1. The van der Waals surface area contributed by atoms with Crippen LogP contribution in [0.25, 0.3) is 6.08 Å². The predicted octanol–water partition coefficient (Wildman–Crippen LogP) is 3.66. The van der Waals surface area contributed by atoms with Gasteiger partial charge in [-0.25, -0.2) is 9.79 Å². The number of carbonyl (C=O) groups excluding carboxylic acids is 1. The minimum absolute atomic E-state index is 0.211. The molecule has 1 atom stereocenters. The highest BCUT2D eigenvalue weighted by Gasteiger charge is 2.36. The van der Waals surface area contributed by atoms with Crippen molar-refractivity contribution < 1.29 is 19.0 Å². The van der Waals surface area contributed by atoms with Gasteiger partial charge in [-0.05, 0) is 43.9 Å². The standard InChI is InChI=1S/C25H26N2O5S2/c1-5-12-32-22-17(10-7-11-18(22)30-4)21-20(24(29)31-6-2)15(3)26-25-27(21)23(28)19(34-25)14-16-9-8-13-33-16/h7-11,13-14,21H,5-6,12H2,1-4H3/b19-14-/t21-/m1/s1. The number of rotatable bonds is 8. The van der Waals surface area contributed by atoms with E-state index in [9.17, 15) is 9.59 Å². The van der Waals surface area contributed by atoms with Crippen LogP contribution >= 0.6 is 22.7 Å². The molecule has 0 radical (unpaired) electrons. The first-order chi connectivity index (χ1) is 16.5. The van der Waals surface area contributed by atoms with Crippen molar-refractivity contribution in [1.82, 2.24) is 4.57 Å². The number of esters is 1. The Hall–Kier alpha value is -3.17. The van der Waals surface area contributed by atoms with E-state index >= 15 is 0 Å². The second-order valence-electron chi connectivity index (χ2n) is 7.54. The predicted molar refractivity (Wildman–Crippen MR) is 133 cm³/mol. The number of hydrogen-bond donors (Lipinski definition) is 0. The molecule has 178 valence electrons. The van der Waals surface area contributed by atoms with Crippen LogP contribution in [0, 0.1) is 0 Å². The van der Waals surface area contributed by atoms with E-state index in [1.165, 1.54) is 11.3 Å². The van der Waals surface area contributed by atoms with E-state index in [0.717, 1.165) is 11.3 Å². The fourth-order valence-corrected chi connectivity index (χ4v) is 5.63. The number of hydrogen-bond acceptors (Lipinski definition) is 8. The summed E-state index contributed by atoms with van der Waals surface area (Å²) < 4.78 is 19.1. The minimum atomic E-state index is -0.761. The normalized spacial score (nSPS) is 15.6. The quantitative estimate of drug-likeness (QED) is 0.443. The maximum Gasteiger partial charge on any atom is 0.338 e. The number of allylic oxidation sites excluding steroid dienone is 1. The molecule has 0 spiro atoms. The van der Waals surface area contributed by atoms with E-state index in [4.69, 9.17) is 14.2 Å². The molecule has 0 N–H and O–H groups in total. The van der Waals surface area contributed by atoms with E-state index < -0.39 is 12.0 Å². The first kappa shape index (κ1) is 24.0. The van der Waals surface area contributed by atoms with Gasteiger partial charge in [-0.2, -0.15) is 0 Å². The zero-order valence-electron chi connectivity index (χ0n) is 19.5. The van der Waals surface area contributed by atoms with Crippen LogP contribution in [0.15, 0.2) is 56.8 Å². The number of ether oxygens (including phenoxy) is 3. The summed E-state index contributed by atoms with van der Waals surface area (Å²) in [6, 6.07) is 8.61. The summed E-state index contributed by atoms with van der Waals surface area (Å²) in [4.78, 5) is 32.9. The van der Waals surface area contributed by atoms with Crippen LogP contribution in [0.2, 0.25) is 0 Å². The molecular formula is C25H26N2O5S2. The fourth-order valence-electron chi connectivity index (χ4n) is 3.86. The summed E-state index contributed by atoms with van der Waals surface area (Å²) in [7, 11) is 1.57. The zero-order valence-corrected chi connectivity index (χ0v) is 21.1. The van der Waals surface area contributed by atoms with Crippen molar-refractivity contribution >= 4 is 34.7 Å². The molecular weight excluding hydrogens is 472 g/mol. The average molecular weight is 499 g/mol. The number of thiazole rings is 1. The van der Waals surface area contributed by atoms with E-state index in [0.29, 0.717) is 44.3 Å². The van der Waals surface area contributed by atoms with Crippen LogP contribution in [0.4, 0.5) is 0 Å². The number of para-hydroxylation sites is 1. The molecule has 9 heteroatoms.